The molecule has 0 spiro atoms. The summed E-state index contributed by atoms with van der Waals surface area (Å²) in [5.74, 6) is 0. The van der Waals surface area contributed by atoms with Crippen molar-refractivity contribution in [3.8, 4) is 0 Å². The fourth-order valence-corrected chi connectivity index (χ4v) is 2.79. The second-order valence-corrected chi connectivity index (χ2v) is 5.28. The molecule has 1 saturated heterocycles. The zero-order valence-electron chi connectivity index (χ0n) is 10.7. The minimum Gasteiger partial charge on any atom is -0.296 e. The van der Waals surface area contributed by atoms with Crippen molar-refractivity contribution in [1.82, 2.24) is 9.88 Å². The molecule has 2 nitrogen and oxygen atoms in total. The zero-order chi connectivity index (χ0) is 12.3. The van der Waals surface area contributed by atoms with Gasteiger partial charge in [0.25, 0.3) is 0 Å². The van der Waals surface area contributed by atoms with E-state index in [0.29, 0.717) is 11.2 Å². The first-order valence-corrected chi connectivity index (χ1v) is 6.96. The third kappa shape index (κ3) is 2.99. The number of aryl methyl sites for hydroxylation is 1. The van der Waals surface area contributed by atoms with Crippen molar-refractivity contribution >= 4 is 11.6 Å². The van der Waals surface area contributed by atoms with Gasteiger partial charge in [-0.05, 0) is 56.5 Å². The molecule has 0 aromatic carbocycles. The Morgan fingerprint density at radius 1 is 1.47 bits per heavy atom. The number of halogens is 1. The van der Waals surface area contributed by atoms with Crippen LogP contribution in [-0.2, 0) is 0 Å². The van der Waals surface area contributed by atoms with Crippen LogP contribution in [0.5, 0.6) is 0 Å². The predicted octanol–water partition coefficient (Wildman–Crippen LogP) is 3.98. The molecule has 1 fully saturated rings. The summed E-state index contributed by atoms with van der Waals surface area (Å²) in [6.45, 7) is 6.69. The van der Waals surface area contributed by atoms with Crippen LogP contribution in [0.25, 0.3) is 0 Å². The van der Waals surface area contributed by atoms with Gasteiger partial charge in [0.1, 0.15) is 5.15 Å². The molecular formula is C14H21ClN2. The lowest BCUT2D eigenvalue weighted by Crippen LogP contribution is -2.34. The van der Waals surface area contributed by atoms with Gasteiger partial charge in [-0.3, -0.25) is 4.90 Å². The molecule has 1 aromatic rings. The Labute approximate surface area is 109 Å². The van der Waals surface area contributed by atoms with Gasteiger partial charge >= 0.3 is 0 Å². The number of pyridine rings is 1. The molecule has 2 heterocycles. The highest BCUT2D eigenvalue weighted by Gasteiger charge is 2.23. The standard InChI is InChI=1S/C14H21ClN2/c1-3-7-17-8-5-4-6-13(17)12-9-11(2)14(15)16-10-12/h9-10,13H,3-8H2,1-2H3/t13-/m1/s1. The van der Waals surface area contributed by atoms with E-state index in [1.165, 1.54) is 44.3 Å². The number of hydrogen-bond acceptors (Lipinski definition) is 2. The molecule has 0 N–H and O–H groups in total. The predicted molar refractivity (Wildman–Crippen MR) is 72.4 cm³/mol. The lowest BCUT2D eigenvalue weighted by molar-refractivity contribution is 0.149. The Morgan fingerprint density at radius 3 is 3.00 bits per heavy atom. The highest BCUT2D eigenvalue weighted by atomic mass is 35.5. The first kappa shape index (κ1) is 12.8. The summed E-state index contributed by atoms with van der Waals surface area (Å²) < 4.78 is 0. The van der Waals surface area contributed by atoms with Crippen LogP contribution in [-0.4, -0.2) is 23.0 Å². The Bertz CT molecular complexity index is 376. The molecule has 2 rings (SSSR count). The van der Waals surface area contributed by atoms with E-state index in [1.54, 1.807) is 0 Å². The molecule has 0 amide bonds. The summed E-state index contributed by atoms with van der Waals surface area (Å²) in [4.78, 5) is 6.88. The van der Waals surface area contributed by atoms with Crippen LogP contribution in [0.4, 0.5) is 0 Å². The first-order chi connectivity index (χ1) is 8.22. The van der Waals surface area contributed by atoms with Crippen LogP contribution in [0.3, 0.4) is 0 Å². The molecule has 3 heteroatoms. The average molecular weight is 253 g/mol. The molecule has 0 radical (unpaired) electrons. The number of aromatic nitrogens is 1. The summed E-state index contributed by atoms with van der Waals surface area (Å²) in [7, 11) is 0. The van der Waals surface area contributed by atoms with E-state index in [9.17, 15) is 0 Å². The average Bonchev–Trinajstić information content (AvgIpc) is 2.34. The first-order valence-electron chi connectivity index (χ1n) is 6.58. The van der Waals surface area contributed by atoms with Crippen molar-refractivity contribution in [2.45, 2.75) is 45.6 Å². The third-order valence-electron chi connectivity index (χ3n) is 3.54. The molecule has 0 saturated carbocycles. The number of nitrogens with zero attached hydrogens (tertiary/aromatic N) is 2. The van der Waals surface area contributed by atoms with Gasteiger partial charge in [0, 0.05) is 12.2 Å². The quantitative estimate of drug-likeness (QED) is 0.757. The van der Waals surface area contributed by atoms with Gasteiger partial charge in [0.05, 0.1) is 0 Å². The van der Waals surface area contributed by atoms with Gasteiger partial charge < -0.3 is 0 Å². The fourth-order valence-electron chi connectivity index (χ4n) is 2.69. The molecule has 1 aliphatic rings. The van der Waals surface area contributed by atoms with Gasteiger partial charge in [0.2, 0.25) is 0 Å². The Balaban J connectivity index is 2.20. The van der Waals surface area contributed by atoms with E-state index in [-0.39, 0.29) is 0 Å². The van der Waals surface area contributed by atoms with Crippen LogP contribution in [0.1, 0.15) is 49.8 Å². The number of rotatable bonds is 3. The van der Waals surface area contributed by atoms with Gasteiger partial charge in [-0.1, -0.05) is 24.9 Å². The summed E-state index contributed by atoms with van der Waals surface area (Å²) in [5.41, 5.74) is 2.42. The van der Waals surface area contributed by atoms with E-state index in [1.807, 2.05) is 13.1 Å². The highest BCUT2D eigenvalue weighted by Crippen LogP contribution is 2.31. The maximum Gasteiger partial charge on any atom is 0.131 e. The van der Waals surface area contributed by atoms with Crippen LogP contribution in [0, 0.1) is 6.92 Å². The maximum absolute atomic E-state index is 5.99. The normalized spacial score (nSPS) is 21.7. The largest absolute Gasteiger partial charge is 0.296 e. The van der Waals surface area contributed by atoms with Gasteiger partial charge in [-0.15, -0.1) is 0 Å². The molecule has 17 heavy (non-hydrogen) atoms. The van der Waals surface area contributed by atoms with Crippen molar-refractivity contribution in [1.29, 1.82) is 0 Å². The van der Waals surface area contributed by atoms with E-state index < -0.39 is 0 Å². The Morgan fingerprint density at radius 2 is 2.29 bits per heavy atom. The van der Waals surface area contributed by atoms with Crippen LogP contribution < -0.4 is 0 Å². The Kier molecular flexibility index (Phi) is 4.41. The highest BCUT2D eigenvalue weighted by molar-refractivity contribution is 6.30. The molecule has 1 aliphatic heterocycles. The molecular weight excluding hydrogens is 232 g/mol. The summed E-state index contributed by atoms with van der Waals surface area (Å²) in [6, 6.07) is 2.75. The molecule has 94 valence electrons. The van der Waals surface area contributed by atoms with Crippen LogP contribution in [0.2, 0.25) is 5.15 Å². The second kappa shape index (κ2) is 5.83. The van der Waals surface area contributed by atoms with E-state index in [2.05, 4.69) is 22.9 Å². The lowest BCUT2D eigenvalue weighted by Gasteiger charge is -2.35. The van der Waals surface area contributed by atoms with Crippen molar-refractivity contribution in [3.63, 3.8) is 0 Å². The van der Waals surface area contributed by atoms with Gasteiger partial charge in [0.15, 0.2) is 0 Å². The Hall–Kier alpha value is -0.600. The van der Waals surface area contributed by atoms with Gasteiger partial charge in [-0.25, -0.2) is 4.98 Å². The van der Waals surface area contributed by atoms with Crippen molar-refractivity contribution in [2.24, 2.45) is 0 Å². The zero-order valence-corrected chi connectivity index (χ0v) is 11.5. The smallest absolute Gasteiger partial charge is 0.131 e. The van der Waals surface area contributed by atoms with E-state index in [4.69, 9.17) is 11.6 Å². The number of likely N-dealkylation sites (tertiary alicyclic amines) is 1. The van der Waals surface area contributed by atoms with Crippen LogP contribution in [0.15, 0.2) is 12.3 Å². The van der Waals surface area contributed by atoms with Crippen molar-refractivity contribution in [3.05, 3.63) is 28.5 Å². The summed E-state index contributed by atoms with van der Waals surface area (Å²) in [5, 5.41) is 0.631. The van der Waals surface area contributed by atoms with Crippen molar-refractivity contribution < 1.29 is 0 Å². The molecule has 0 aliphatic carbocycles. The summed E-state index contributed by atoms with van der Waals surface area (Å²) in [6.07, 6.45) is 7.08. The maximum atomic E-state index is 5.99. The lowest BCUT2D eigenvalue weighted by atomic mass is 9.95. The fraction of sp³-hybridized carbons (Fsp3) is 0.643. The molecule has 1 aromatic heterocycles. The monoisotopic (exact) mass is 252 g/mol. The van der Waals surface area contributed by atoms with Gasteiger partial charge in [-0.2, -0.15) is 0 Å². The topological polar surface area (TPSA) is 16.1 Å². The molecule has 1 atom stereocenters. The van der Waals surface area contributed by atoms with E-state index in [0.717, 1.165) is 5.56 Å². The van der Waals surface area contributed by atoms with Crippen LogP contribution >= 0.6 is 11.6 Å². The second-order valence-electron chi connectivity index (χ2n) is 4.92. The molecule has 0 bridgehead atoms. The van der Waals surface area contributed by atoms with Crippen molar-refractivity contribution in [2.75, 3.05) is 13.1 Å². The summed E-state index contributed by atoms with van der Waals surface area (Å²) >= 11 is 5.99. The minimum absolute atomic E-state index is 0.548. The van der Waals surface area contributed by atoms with E-state index >= 15 is 0 Å². The SMILES string of the molecule is CCCN1CCCC[C@@H]1c1cnc(Cl)c(C)c1. The minimum atomic E-state index is 0.548. The molecule has 0 unspecified atom stereocenters. The number of hydrogen-bond donors (Lipinski definition) is 0. The third-order valence-corrected chi connectivity index (χ3v) is 3.94. The number of piperidine rings is 1.